The smallest absolute Gasteiger partial charge is 0.160 e. The first-order valence-corrected chi connectivity index (χ1v) is 6.60. The van der Waals surface area contributed by atoms with Crippen LogP contribution in [0.2, 0.25) is 0 Å². The summed E-state index contributed by atoms with van der Waals surface area (Å²) < 4.78 is 2.07. The van der Waals surface area contributed by atoms with E-state index < -0.39 is 0 Å². The van der Waals surface area contributed by atoms with Crippen molar-refractivity contribution in [3.63, 3.8) is 0 Å². The highest BCUT2D eigenvalue weighted by molar-refractivity contribution is 7.07. The first kappa shape index (κ1) is 11.8. The predicted molar refractivity (Wildman–Crippen MR) is 73.2 cm³/mol. The normalized spacial score (nSPS) is 10.1. The van der Waals surface area contributed by atoms with Gasteiger partial charge >= 0.3 is 0 Å². The number of para-hydroxylation sites is 2. The molecule has 0 saturated heterocycles. The van der Waals surface area contributed by atoms with Crippen LogP contribution in [-0.2, 0) is 7.05 Å². The summed E-state index contributed by atoms with van der Waals surface area (Å²) in [6.45, 7) is 4.00. The van der Waals surface area contributed by atoms with Crippen molar-refractivity contribution in [3.8, 4) is 11.5 Å². The molecule has 1 aromatic carbocycles. The van der Waals surface area contributed by atoms with Crippen molar-refractivity contribution in [2.75, 3.05) is 0 Å². The highest BCUT2D eigenvalue weighted by Gasteiger charge is 2.09. The van der Waals surface area contributed by atoms with Crippen molar-refractivity contribution in [1.82, 2.24) is 14.5 Å². The quantitative estimate of drug-likeness (QED) is 0.654. The van der Waals surface area contributed by atoms with Gasteiger partial charge in [0.1, 0.15) is 5.69 Å². The van der Waals surface area contributed by atoms with Crippen LogP contribution in [0.25, 0.3) is 22.6 Å². The lowest BCUT2D eigenvalue weighted by atomic mass is 10.3. The van der Waals surface area contributed by atoms with Gasteiger partial charge < -0.3 is 4.57 Å². The molecule has 2 heterocycles. The summed E-state index contributed by atoms with van der Waals surface area (Å²) in [5, 5.41) is 2.02. The molecule has 2 aromatic heterocycles. The molecule has 88 valence electrons. The molecular formula is C13H15N3S. The van der Waals surface area contributed by atoms with E-state index in [-0.39, 0.29) is 0 Å². The second-order valence-electron chi connectivity index (χ2n) is 3.36. The van der Waals surface area contributed by atoms with E-state index >= 15 is 0 Å². The molecule has 0 bridgehead atoms. The van der Waals surface area contributed by atoms with Crippen LogP contribution in [0, 0.1) is 0 Å². The van der Waals surface area contributed by atoms with E-state index in [2.05, 4.69) is 20.6 Å². The largest absolute Gasteiger partial charge is 0.326 e. The minimum atomic E-state index is 0.928. The Hall–Kier alpha value is -1.68. The molecule has 0 fully saturated rings. The summed E-state index contributed by atoms with van der Waals surface area (Å²) in [4.78, 5) is 8.84. The first-order valence-electron chi connectivity index (χ1n) is 5.66. The van der Waals surface area contributed by atoms with Crippen LogP contribution in [0.15, 0.2) is 35.2 Å². The Kier molecular flexibility index (Phi) is 3.54. The number of thiazole rings is 1. The van der Waals surface area contributed by atoms with Crippen molar-refractivity contribution >= 4 is 22.4 Å². The van der Waals surface area contributed by atoms with Crippen molar-refractivity contribution in [3.05, 3.63) is 35.2 Å². The lowest BCUT2D eigenvalue weighted by Crippen LogP contribution is -1.91. The molecule has 0 spiro atoms. The molecule has 3 aromatic rings. The molecule has 0 aliphatic heterocycles. The Balaban J connectivity index is 0.000000514. The fourth-order valence-electron chi connectivity index (χ4n) is 1.70. The van der Waals surface area contributed by atoms with Crippen LogP contribution in [0.4, 0.5) is 0 Å². The summed E-state index contributed by atoms with van der Waals surface area (Å²) >= 11 is 1.59. The number of rotatable bonds is 1. The minimum Gasteiger partial charge on any atom is -0.326 e. The van der Waals surface area contributed by atoms with Gasteiger partial charge in [0.25, 0.3) is 0 Å². The Morgan fingerprint density at radius 1 is 1.18 bits per heavy atom. The van der Waals surface area contributed by atoms with Gasteiger partial charge in [-0.1, -0.05) is 26.0 Å². The number of aryl methyl sites for hydroxylation is 1. The van der Waals surface area contributed by atoms with Crippen molar-refractivity contribution < 1.29 is 0 Å². The van der Waals surface area contributed by atoms with Gasteiger partial charge in [-0.25, -0.2) is 9.97 Å². The number of fused-ring (bicyclic) bond motifs is 1. The SMILES string of the molecule is CC.Cn1c(-c2cscn2)nc2ccccc21. The summed E-state index contributed by atoms with van der Waals surface area (Å²) in [6.07, 6.45) is 0. The summed E-state index contributed by atoms with van der Waals surface area (Å²) in [5.41, 5.74) is 4.93. The Bertz CT molecular complexity index is 596. The van der Waals surface area contributed by atoms with Gasteiger partial charge in [-0.2, -0.15) is 0 Å². The second-order valence-corrected chi connectivity index (χ2v) is 4.08. The maximum Gasteiger partial charge on any atom is 0.160 e. The van der Waals surface area contributed by atoms with Gasteiger partial charge in [0.2, 0.25) is 0 Å². The van der Waals surface area contributed by atoms with Gasteiger partial charge in [-0.05, 0) is 12.1 Å². The Morgan fingerprint density at radius 3 is 2.59 bits per heavy atom. The van der Waals surface area contributed by atoms with E-state index in [0.717, 1.165) is 22.6 Å². The van der Waals surface area contributed by atoms with E-state index in [1.807, 2.05) is 50.0 Å². The Morgan fingerprint density at radius 2 is 1.94 bits per heavy atom. The van der Waals surface area contributed by atoms with Crippen molar-refractivity contribution in [2.24, 2.45) is 7.05 Å². The molecule has 3 rings (SSSR count). The fraction of sp³-hybridized carbons (Fsp3) is 0.231. The van der Waals surface area contributed by atoms with E-state index in [9.17, 15) is 0 Å². The molecule has 0 saturated carbocycles. The summed E-state index contributed by atoms with van der Waals surface area (Å²) in [6, 6.07) is 8.11. The highest BCUT2D eigenvalue weighted by Crippen LogP contribution is 2.22. The second kappa shape index (κ2) is 5.10. The number of nitrogens with zero attached hydrogens (tertiary/aromatic N) is 3. The lowest BCUT2D eigenvalue weighted by molar-refractivity contribution is 0.953. The third-order valence-electron chi connectivity index (χ3n) is 2.45. The minimum absolute atomic E-state index is 0.928. The summed E-state index contributed by atoms with van der Waals surface area (Å²) in [5.74, 6) is 0.928. The van der Waals surface area contributed by atoms with E-state index in [4.69, 9.17) is 0 Å². The highest BCUT2D eigenvalue weighted by atomic mass is 32.1. The fourth-order valence-corrected chi connectivity index (χ4v) is 2.23. The molecule has 0 aliphatic rings. The average Bonchev–Trinajstić information content (AvgIpc) is 3.00. The number of hydrogen-bond donors (Lipinski definition) is 0. The zero-order valence-corrected chi connectivity index (χ0v) is 11.0. The van der Waals surface area contributed by atoms with Gasteiger partial charge in [0.15, 0.2) is 5.82 Å². The lowest BCUT2D eigenvalue weighted by Gasteiger charge is -1.97. The zero-order valence-electron chi connectivity index (χ0n) is 10.2. The number of hydrogen-bond acceptors (Lipinski definition) is 3. The van der Waals surface area contributed by atoms with Crippen LogP contribution < -0.4 is 0 Å². The van der Waals surface area contributed by atoms with Gasteiger partial charge in [-0.3, -0.25) is 0 Å². The van der Waals surface area contributed by atoms with Gasteiger partial charge in [0, 0.05) is 12.4 Å². The third kappa shape index (κ3) is 2.08. The van der Waals surface area contributed by atoms with Crippen molar-refractivity contribution in [1.29, 1.82) is 0 Å². The van der Waals surface area contributed by atoms with Crippen molar-refractivity contribution in [2.45, 2.75) is 13.8 Å². The number of benzene rings is 1. The molecule has 4 heteroatoms. The van der Waals surface area contributed by atoms with E-state index in [0.29, 0.717) is 0 Å². The maximum absolute atomic E-state index is 4.56. The number of aromatic nitrogens is 3. The van der Waals surface area contributed by atoms with Crippen LogP contribution >= 0.6 is 11.3 Å². The molecule has 0 radical (unpaired) electrons. The zero-order chi connectivity index (χ0) is 12.3. The topological polar surface area (TPSA) is 30.7 Å². The molecule has 17 heavy (non-hydrogen) atoms. The van der Waals surface area contributed by atoms with E-state index in [1.165, 1.54) is 0 Å². The monoisotopic (exact) mass is 245 g/mol. The summed E-state index contributed by atoms with van der Waals surface area (Å²) in [7, 11) is 2.02. The van der Waals surface area contributed by atoms with E-state index in [1.54, 1.807) is 11.3 Å². The van der Waals surface area contributed by atoms with Crippen LogP contribution in [0.3, 0.4) is 0 Å². The maximum atomic E-state index is 4.56. The Labute approximate surface area is 105 Å². The molecule has 0 atom stereocenters. The van der Waals surface area contributed by atoms with Gasteiger partial charge in [-0.15, -0.1) is 11.3 Å². The first-order chi connectivity index (χ1) is 8.36. The molecule has 3 nitrogen and oxygen atoms in total. The standard InChI is InChI=1S/C11H9N3S.C2H6/c1-14-10-5-3-2-4-8(10)13-11(14)9-6-15-7-12-9;1-2/h2-7H,1H3;1-2H3. The molecule has 0 amide bonds. The average molecular weight is 245 g/mol. The molecule has 0 N–H and O–H groups in total. The predicted octanol–water partition coefficient (Wildman–Crippen LogP) is 3.72. The number of imidazole rings is 1. The third-order valence-corrected chi connectivity index (χ3v) is 3.04. The van der Waals surface area contributed by atoms with Crippen LogP contribution in [0.5, 0.6) is 0 Å². The van der Waals surface area contributed by atoms with Crippen LogP contribution in [0.1, 0.15) is 13.8 Å². The molecule has 0 unspecified atom stereocenters. The molecule has 0 aliphatic carbocycles. The van der Waals surface area contributed by atoms with Crippen LogP contribution in [-0.4, -0.2) is 14.5 Å². The van der Waals surface area contributed by atoms with Gasteiger partial charge in [0.05, 0.1) is 16.5 Å². The molecular weight excluding hydrogens is 230 g/mol.